The van der Waals surface area contributed by atoms with Gasteiger partial charge < -0.3 is 0 Å². The van der Waals surface area contributed by atoms with Gasteiger partial charge in [-0.25, -0.2) is 0 Å². The first kappa shape index (κ1) is 16.1. The fraction of sp³-hybridized carbons (Fsp3) is 0. The first-order chi connectivity index (χ1) is 11.2. The molecular weight excluding hydrogens is 347 g/mol. The van der Waals surface area contributed by atoms with Crippen LogP contribution in [0.5, 0.6) is 0 Å². The van der Waals surface area contributed by atoms with Crippen LogP contribution in [0.4, 0.5) is 0 Å². The molecule has 0 aliphatic rings. The molecule has 0 atom stereocenters. The molecule has 0 fully saturated rings. The van der Waals surface area contributed by atoms with Crippen molar-refractivity contribution in [2.45, 2.75) is 0 Å². The van der Waals surface area contributed by atoms with Crippen molar-refractivity contribution in [3.8, 4) is 0 Å². The normalized spacial score (nSPS) is 12.0. The summed E-state index contributed by atoms with van der Waals surface area (Å²) >= 11 is 19.4. The summed E-state index contributed by atoms with van der Waals surface area (Å²) in [6, 6.07) is 25.4. The topological polar surface area (TPSA) is 0 Å². The molecule has 3 heteroatoms. The van der Waals surface area contributed by atoms with Gasteiger partial charge in [0.1, 0.15) is 0 Å². The van der Waals surface area contributed by atoms with Gasteiger partial charge in [0.15, 0.2) is 0 Å². The Morgan fingerprint density at radius 1 is 0.609 bits per heavy atom. The minimum atomic E-state index is 0.502. The molecule has 114 valence electrons. The molecule has 23 heavy (non-hydrogen) atoms. The molecule has 0 spiro atoms. The van der Waals surface area contributed by atoms with Crippen LogP contribution in [0.15, 0.2) is 78.9 Å². The largest absolute Gasteiger partial charge is 0.0830 e. The standard InChI is InChI=1S/C20H13Cl3/c21-17-13-7-12-16(20(17)23)18(14-8-3-1-4-9-14)19(22)15-10-5-2-6-11-15/h1-13H. The van der Waals surface area contributed by atoms with Crippen molar-refractivity contribution in [2.24, 2.45) is 0 Å². The number of hydrogen-bond donors (Lipinski definition) is 0. The van der Waals surface area contributed by atoms with Gasteiger partial charge in [0.05, 0.1) is 15.1 Å². The second-order valence-electron chi connectivity index (χ2n) is 5.02. The van der Waals surface area contributed by atoms with E-state index in [1.165, 1.54) is 0 Å². The molecular formula is C20H13Cl3. The summed E-state index contributed by atoms with van der Waals surface area (Å²) in [5.41, 5.74) is 3.61. The van der Waals surface area contributed by atoms with Gasteiger partial charge >= 0.3 is 0 Å². The van der Waals surface area contributed by atoms with Gasteiger partial charge in [-0.2, -0.15) is 0 Å². The van der Waals surface area contributed by atoms with E-state index in [2.05, 4.69) is 0 Å². The van der Waals surface area contributed by atoms with Crippen molar-refractivity contribution >= 4 is 45.4 Å². The lowest BCUT2D eigenvalue weighted by Crippen LogP contribution is -1.93. The van der Waals surface area contributed by atoms with E-state index >= 15 is 0 Å². The average Bonchev–Trinajstić information content (AvgIpc) is 2.60. The SMILES string of the molecule is ClC(=C(c1ccccc1)c1cccc(Cl)c1Cl)c1ccccc1. The highest BCUT2D eigenvalue weighted by atomic mass is 35.5. The Bertz CT molecular complexity index is 837. The minimum Gasteiger partial charge on any atom is -0.0830 e. The summed E-state index contributed by atoms with van der Waals surface area (Å²) in [5, 5.41) is 1.65. The van der Waals surface area contributed by atoms with Gasteiger partial charge in [0, 0.05) is 11.1 Å². The van der Waals surface area contributed by atoms with E-state index in [9.17, 15) is 0 Å². The summed E-state index contributed by atoms with van der Waals surface area (Å²) in [6.07, 6.45) is 0. The van der Waals surface area contributed by atoms with Crippen molar-refractivity contribution in [1.82, 2.24) is 0 Å². The van der Waals surface area contributed by atoms with Gasteiger partial charge in [0.2, 0.25) is 0 Å². The van der Waals surface area contributed by atoms with Crippen LogP contribution in [-0.2, 0) is 0 Å². The lowest BCUT2D eigenvalue weighted by molar-refractivity contribution is 1.54. The molecule has 0 aromatic heterocycles. The first-order valence-electron chi connectivity index (χ1n) is 7.13. The highest BCUT2D eigenvalue weighted by Crippen LogP contribution is 2.39. The van der Waals surface area contributed by atoms with Crippen molar-refractivity contribution in [2.75, 3.05) is 0 Å². The molecule has 0 saturated carbocycles. The van der Waals surface area contributed by atoms with Gasteiger partial charge in [0.25, 0.3) is 0 Å². The maximum Gasteiger partial charge on any atom is 0.0671 e. The van der Waals surface area contributed by atoms with E-state index in [1.54, 1.807) is 6.07 Å². The molecule has 0 radical (unpaired) electrons. The predicted molar refractivity (Wildman–Crippen MR) is 101 cm³/mol. The molecule has 0 bridgehead atoms. The fourth-order valence-corrected chi connectivity index (χ4v) is 3.16. The van der Waals surface area contributed by atoms with E-state index in [0.29, 0.717) is 15.1 Å². The third kappa shape index (κ3) is 3.45. The Hall–Kier alpha value is -1.73. The van der Waals surface area contributed by atoms with Crippen LogP contribution < -0.4 is 0 Å². The molecule has 3 aromatic carbocycles. The Balaban J connectivity index is 2.30. The highest BCUT2D eigenvalue weighted by molar-refractivity contribution is 6.54. The summed E-state index contributed by atoms with van der Waals surface area (Å²) < 4.78 is 0. The molecule has 0 nitrogen and oxygen atoms in total. The van der Waals surface area contributed by atoms with Gasteiger partial charge in [-0.05, 0) is 17.2 Å². The molecule has 0 heterocycles. The highest BCUT2D eigenvalue weighted by Gasteiger charge is 2.16. The molecule has 3 aromatic rings. The maximum atomic E-state index is 6.74. The lowest BCUT2D eigenvalue weighted by Gasteiger charge is -2.14. The molecule has 0 aliphatic heterocycles. The summed E-state index contributed by atoms with van der Waals surface area (Å²) in [7, 11) is 0. The van der Waals surface area contributed by atoms with E-state index in [0.717, 1.165) is 22.3 Å². The third-order valence-electron chi connectivity index (χ3n) is 3.53. The number of rotatable bonds is 3. The van der Waals surface area contributed by atoms with Crippen LogP contribution in [0.1, 0.15) is 16.7 Å². The smallest absolute Gasteiger partial charge is 0.0671 e. The molecule has 0 N–H and O–H groups in total. The predicted octanol–water partition coefficient (Wildman–Crippen LogP) is 7.15. The van der Waals surface area contributed by atoms with Crippen molar-refractivity contribution < 1.29 is 0 Å². The van der Waals surface area contributed by atoms with Gasteiger partial charge in [-0.15, -0.1) is 0 Å². The Morgan fingerprint density at radius 3 is 1.78 bits per heavy atom. The lowest BCUT2D eigenvalue weighted by atomic mass is 9.95. The first-order valence-corrected chi connectivity index (χ1v) is 8.27. The zero-order chi connectivity index (χ0) is 16.2. The Morgan fingerprint density at radius 2 is 1.17 bits per heavy atom. The average molecular weight is 360 g/mol. The third-order valence-corrected chi connectivity index (χ3v) is 4.76. The van der Waals surface area contributed by atoms with Gasteiger partial charge in [-0.1, -0.05) is 108 Å². The minimum absolute atomic E-state index is 0.502. The maximum absolute atomic E-state index is 6.74. The van der Waals surface area contributed by atoms with E-state index in [1.807, 2.05) is 72.8 Å². The monoisotopic (exact) mass is 358 g/mol. The van der Waals surface area contributed by atoms with Crippen molar-refractivity contribution in [3.63, 3.8) is 0 Å². The molecule has 3 rings (SSSR count). The number of hydrogen-bond acceptors (Lipinski definition) is 0. The fourth-order valence-electron chi connectivity index (χ4n) is 2.43. The second kappa shape index (κ2) is 7.23. The van der Waals surface area contributed by atoms with E-state index in [4.69, 9.17) is 34.8 Å². The summed E-state index contributed by atoms with van der Waals surface area (Å²) in [6.45, 7) is 0. The molecule has 0 aliphatic carbocycles. The van der Waals surface area contributed by atoms with E-state index in [-0.39, 0.29) is 0 Å². The van der Waals surface area contributed by atoms with Crippen molar-refractivity contribution in [3.05, 3.63) is 106 Å². The van der Waals surface area contributed by atoms with Gasteiger partial charge in [-0.3, -0.25) is 0 Å². The van der Waals surface area contributed by atoms with Crippen LogP contribution >= 0.6 is 34.8 Å². The van der Waals surface area contributed by atoms with Crippen LogP contribution in [0.3, 0.4) is 0 Å². The molecule has 0 unspecified atom stereocenters. The zero-order valence-corrected chi connectivity index (χ0v) is 14.4. The number of halogens is 3. The van der Waals surface area contributed by atoms with Crippen molar-refractivity contribution in [1.29, 1.82) is 0 Å². The van der Waals surface area contributed by atoms with Crippen LogP contribution in [0.25, 0.3) is 10.6 Å². The van der Waals surface area contributed by atoms with Crippen LogP contribution in [0.2, 0.25) is 10.0 Å². The number of benzene rings is 3. The molecule has 0 saturated heterocycles. The van der Waals surface area contributed by atoms with E-state index < -0.39 is 0 Å². The second-order valence-corrected chi connectivity index (χ2v) is 6.19. The zero-order valence-electron chi connectivity index (χ0n) is 12.1. The van der Waals surface area contributed by atoms with Crippen LogP contribution in [0, 0.1) is 0 Å². The quantitative estimate of drug-likeness (QED) is 0.436. The summed E-state index contributed by atoms with van der Waals surface area (Å²) in [5.74, 6) is 0. The van der Waals surface area contributed by atoms with Crippen LogP contribution in [-0.4, -0.2) is 0 Å². The Labute approximate surface area is 150 Å². The molecule has 0 amide bonds. The Kier molecular flexibility index (Phi) is 5.07. The summed E-state index contributed by atoms with van der Waals surface area (Å²) in [4.78, 5) is 0.